The van der Waals surface area contributed by atoms with Crippen molar-refractivity contribution in [3.8, 4) is 6.07 Å². The van der Waals surface area contributed by atoms with Gasteiger partial charge >= 0.3 is 6.18 Å². The Morgan fingerprint density at radius 3 is 2.79 bits per heavy atom. The molecule has 1 amide bonds. The lowest BCUT2D eigenvalue weighted by molar-refractivity contribution is -0.144. The molecule has 3 heterocycles. The Kier molecular flexibility index (Phi) is 6.60. The van der Waals surface area contributed by atoms with Crippen molar-refractivity contribution in [2.45, 2.75) is 81.4 Å². The molecule has 0 radical (unpaired) electrons. The molecule has 2 bridgehead atoms. The van der Waals surface area contributed by atoms with Gasteiger partial charge in [-0.3, -0.25) is 4.79 Å². The van der Waals surface area contributed by atoms with Gasteiger partial charge in [0, 0.05) is 50.6 Å². The number of nitrogens with one attached hydrogen (secondary N) is 1. The van der Waals surface area contributed by atoms with Gasteiger partial charge in [0.1, 0.15) is 0 Å². The number of fused-ring (bicyclic) bond motifs is 3. The van der Waals surface area contributed by atoms with Crippen LogP contribution in [-0.2, 0) is 20.4 Å². The number of methoxy groups -OCH3 is 1. The highest BCUT2D eigenvalue weighted by Gasteiger charge is 2.59. The lowest BCUT2D eigenvalue weighted by Crippen LogP contribution is -2.54. The Bertz CT molecular complexity index is 1120. The lowest BCUT2D eigenvalue weighted by Gasteiger charge is -2.41. The van der Waals surface area contributed by atoms with Crippen molar-refractivity contribution < 1.29 is 27.4 Å². The predicted molar refractivity (Wildman–Crippen MR) is 133 cm³/mol. The Labute approximate surface area is 221 Å². The van der Waals surface area contributed by atoms with E-state index in [1.54, 1.807) is 19.2 Å². The fourth-order valence-corrected chi connectivity index (χ4v) is 8.12. The van der Waals surface area contributed by atoms with E-state index in [0.717, 1.165) is 57.6 Å². The number of ether oxygens (including phenoxy) is 2. The number of amides is 1. The van der Waals surface area contributed by atoms with Gasteiger partial charge in [0.05, 0.1) is 41.4 Å². The molecule has 3 aliphatic heterocycles. The summed E-state index contributed by atoms with van der Waals surface area (Å²) in [5, 5.41) is 12.9. The maximum Gasteiger partial charge on any atom is 0.417 e. The molecule has 7 nitrogen and oxygen atoms in total. The summed E-state index contributed by atoms with van der Waals surface area (Å²) in [7, 11) is 1.72. The zero-order valence-corrected chi connectivity index (χ0v) is 21.7. The second kappa shape index (κ2) is 9.68. The van der Waals surface area contributed by atoms with Crippen molar-refractivity contribution in [2.75, 3.05) is 38.3 Å². The van der Waals surface area contributed by atoms with Crippen molar-refractivity contribution in [3.05, 3.63) is 29.3 Å². The molecule has 0 unspecified atom stereocenters. The number of hydrogen-bond donors (Lipinski definition) is 1. The third kappa shape index (κ3) is 4.27. The molecule has 6 rings (SSSR count). The zero-order valence-electron chi connectivity index (χ0n) is 21.7. The lowest BCUT2D eigenvalue weighted by atomic mass is 9.78. The number of likely N-dealkylation sites (tertiary alicyclic amines) is 1. The molecule has 2 aliphatic carbocycles. The van der Waals surface area contributed by atoms with Crippen LogP contribution in [0, 0.1) is 22.7 Å². The van der Waals surface area contributed by atoms with Crippen LogP contribution >= 0.6 is 0 Å². The monoisotopic (exact) mass is 532 g/mol. The summed E-state index contributed by atoms with van der Waals surface area (Å²) in [6, 6.07) is 6.11. The second-order valence-corrected chi connectivity index (χ2v) is 11.8. The molecule has 206 valence electrons. The molecule has 1 N–H and O–H groups in total. The topological polar surface area (TPSA) is 77.8 Å². The number of alkyl halides is 3. The van der Waals surface area contributed by atoms with Crippen molar-refractivity contribution in [1.82, 2.24) is 10.2 Å². The second-order valence-electron chi connectivity index (χ2n) is 11.8. The van der Waals surface area contributed by atoms with E-state index in [2.05, 4.69) is 5.32 Å². The number of piperazine rings is 1. The number of halogens is 3. The van der Waals surface area contributed by atoms with Crippen LogP contribution in [0.25, 0.3) is 0 Å². The largest absolute Gasteiger partial charge is 0.417 e. The van der Waals surface area contributed by atoms with Crippen molar-refractivity contribution in [3.63, 3.8) is 0 Å². The van der Waals surface area contributed by atoms with Crippen LogP contribution in [0.1, 0.15) is 56.1 Å². The van der Waals surface area contributed by atoms with E-state index in [0.29, 0.717) is 31.3 Å². The van der Waals surface area contributed by atoms with Crippen LogP contribution in [0.2, 0.25) is 0 Å². The molecule has 3 saturated heterocycles. The average Bonchev–Trinajstić information content (AvgIpc) is 3.67. The highest BCUT2D eigenvalue weighted by atomic mass is 19.4. The number of nitriles is 1. The normalized spacial score (nSPS) is 36.5. The highest BCUT2D eigenvalue weighted by Crippen LogP contribution is 2.56. The summed E-state index contributed by atoms with van der Waals surface area (Å²) in [5.74, 6) is 0.624. The van der Waals surface area contributed by atoms with Gasteiger partial charge in [-0.25, -0.2) is 0 Å². The van der Waals surface area contributed by atoms with E-state index < -0.39 is 11.7 Å². The minimum absolute atomic E-state index is 0.00533. The van der Waals surface area contributed by atoms with Crippen molar-refractivity contribution in [2.24, 2.45) is 11.3 Å². The van der Waals surface area contributed by atoms with E-state index in [-0.39, 0.29) is 47.2 Å². The third-order valence-corrected chi connectivity index (χ3v) is 9.88. The van der Waals surface area contributed by atoms with Crippen molar-refractivity contribution >= 4 is 11.6 Å². The highest BCUT2D eigenvalue weighted by molar-refractivity contribution is 5.85. The van der Waals surface area contributed by atoms with E-state index >= 15 is 0 Å². The Morgan fingerprint density at radius 1 is 1.24 bits per heavy atom. The standard InChI is InChI=1S/C28H35F3N4O3/c1-37-25-16-38-8-6-24(25)33-19-9-18-3-2-7-27(18,12-19)26(36)35-15-21-10-22(35)14-34(21)20-5-4-17(13-32)23(11-20)28(29,30)31/h4-5,11,18-19,21-22,24-25,33H,2-3,6-10,12,14-16H2,1H3/t18-,19-,21+,22+,24+,25-,27-/m1/s1. The molecule has 1 aromatic rings. The molecule has 0 spiro atoms. The minimum atomic E-state index is -4.58. The molecule has 5 fully saturated rings. The minimum Gasteiger partial charge on any atom is -0.379 e. The molecule has 0 aromatic heterocycles. The third-order valence-electron chi connectivity index (χ3n) is 9.88. The zero-order chi connectivity index (χ0) is 26.7. The molecule has 38 heavy (non-hydrogen) atoms. The quantitative estimate of drug-likeness (QED) is 0.623. The number of benzene rings is 1. The van der Waals surface area contributed by atoms with E-state index in [9.17, 15) is 18.0 Å². The first-order chi connectivity index (χ1) is 18.2. The number of rotatable bonds is 5. The Hall–Kier alpha value is -2.35. The number of carbonyl (C=O) groups is 1. The Balaban J connectivity index is 1.15. The van der Waals surface area contributed by atoms with Gasteiger partial charge in [0.25, 0.3) is 0 Å². The maximum atomic E-state index is 14.2. The fraction of sp³-hybridized carbons (Fsp3) is 0.714. The first-order valence-corrected chi connectivity index (χ1v) is 13.8. The molecule has 7 atom stereocenters. The van der Waals surface area contributed by atoms with Crippen LogP contribution in [0.4, 0.5) is 18.9 Å². The predicted octanol–water partition coefficient (Wildman–Crippen LogP) is 3.71. The van der Waals surface area contributed by atoms with Crippen LogP contribution in [0.3, 0.4) is 0 Å². The van der Waals surface area contributed by atoms with Crippen molar-refractivity contribution in [1.29, 1.82) is 5.26 Å². The molecule has 10 heteroatoms. The number of anilines is 1. The molecular weight excluding hydrogens is 497 g/mol. The SMILES string of the molecule is CO[C@@H]1COCC[C@@H]1N[C@@H]1C[C@H]2CCC[C@@]2(C(=O)N2C[C@@H]3C[C@H]2CN3c2ccc(C#N)c(C(F)(F)F)c2)C1. The van der Waals surface area contributed by atoms with Gasteiger partial charge in [-0.1, -0.05) is 6.42 Å². The van der Waals surface area contributed by atoms with Gasteiger partial charge in [0.15, 0.2) is 0 Å². The van der Waals surface area contributed by atoms with E-state index in [4.69, 9.17) is 14.7 Å². The first kappa shape index (κ1) is 25.9. The average molecular weight is 533 g/mol. The van der Waals surface area contributed by atoms with Crippen LogP contribution in [-0.4, -0.2) is 74.5 Å². The van der Waals surface area contributed by atoms with Crippen LogP contribution < -0.4 is 10.2 Å². The first-order valence-electron chi connectivity index (χ1n) is 13.8. The molecule has 2 saturated carbocycles. The van der Waals surface area contributed by atoms with Crippen LogP contribution in [0.5, 0.6) is 0 Å². The maximum absolute atomic E-state index is 14.2. The molecular formula is C28H35F3N4O3. The smallest absolute Gasteiger partial charge is 0.379 e. The summed E-state index contributed by atoms with van der Waals surface area (Å²) in [5.41, 5.74) is -1.12. The van der Waals surface area contributed by atoms with Gasteiger partial charge in [-0.05, 0) is 62.6 Å². The van der Waals surface area contributed by atoms with E-state index in [1.165, 1.54) is 6.07 Å². The molecule has 1 aromatic carbocycles. The summed E-state index contributed by atoms with van der Waals surface area (Å²) >= 11 is 0. The van der Waals surface area contributed by atoms with Gasteiger partial charge in [-0.15, -0.1) is 0 Å². The summed E-state index contributed by atoms with van der Waals surface area (Å²) in [6.45, 7) is 2.38. The van der Waals surface area contributed by atoms with Gasteiger partial charge in [-0.2, -0.15) is 18.4 Å². The summed E-state index contributed by atoms with van der Waals surface area (Å²) in [6.07, 6.45) is 2.01. The van der Waals surface area contributed by atoms with Gasteiger partial charge in [0.2, 0.25) is 5.91 Å². The fourth-order valence-electron chi connectivity index (χ4n) is 8.12. The number of hydrogen-bond acceptors (Lipinski definition) is 6. The summed E-state index contributed by atoms with van der Waals surface area (Å²) < 4.78 is 51.8. The Morgan fingerprint density at radius 2 is 2.08 bits per heavy atom. The summed E-state index contributed by atoms with van der Waals surface area (Å²) in [4.78, 5) is 18.2. The number of carbonyl (C=O) groups excluding carboxylic acids is 1. The number of nitrogens with zero attached hydrogens (tertiary/aromatic N) is 3. The van der Waals surface area contributed by atoms with E-state index in [1.807, 2.05) is 9.80 Å². The van der Waals surface area contributed by atoms with Gasteiger partial charge < -0.3 is 24.6 Å². The van der Waals surface area contributed by atoms with Crippen LogP contribution in [0.15, 0.2) is 18.2 Å². The molecule has 5 aliphatic rings.